The van der Waals surface area contributed by atoms with E-state index in [1.807, 2.05) is 37.3 Å². The molecule has 4 aromatic rings. The van der Waals surface area contributed by atoms with Crippen molar-refractivity contribution >= 4 is 27.3 Å². The van der Waals surface area contributed by atoms with Crippen LogP contribution in [-0.4, -0.2) is 23.7 Å². The number of para-hydroxylation sites is 2. The first kappa shape index (κ1) is 24.0. The molecule has 0 spiro atoms. The number of aryl methyl sites for hydroxylation is 1. The lowest BCUT2D eigenvalue weighted by molar-refractivity contribution is 0.102. The molecule has 1 heterocycles. The zero-order valence-electron chi connectivity index (χ0n) is 19.6. The van der Waals surface area contributed by atoms with E-state index in [2.05, 4.69) is 10.0 Å². The van der Waals surface area contributed by atoms with Crippen molar-refractivity contribution in [1.82, 2.24) is 9.36 Å². The highest BCUT2D eigenvalue weighted by atomic mass is 32.2. The van der Waals surface area contributed by atoms with Crippen LogP contribution in [0.25, 0.3) is 5.69 Å². The molecule has 2 N–H and O–H groups in total. The molecule has 0 aliphatic heterocycles. The minimum absolute atomic E-state index is 0.0330. The molecule has 35 heavy (non-hydrogen) atoms. The third-order valence-electron chi connectivity index (χ3n) is 5.86. The predicted octanol–water partition coefficient (Wildman–Crippen LogP) is 4.10. The number of rotatable bonds is 7. The molecular weight excluding hydrogens is 464 g/mol. The summed E-state index contributed by atoms with van der Waals surface area (Å²) in [6.45, 7) is 3.67. The molecule has 0 aliphatic rings. The van der Waals surface area contributed by atoms with Crippen LogP contribution in [-0.2, 0) is 23.5 Å². The van der Waals surface area contributed by atoms with Crippen molar-refractivity contribution in [3.8, 4) is 5.69 Å². The van der Waals surface area contributed by atoms with Crippen LogP contribution in [0.4, 0.5) is 11.4 Å². The lowest BCUT2D eigenvalue weighted by Gasteiger charge is -2.10. The molecule has 0 atom stereocenters. The Kier molecular flexibility index (Phi) is 6.61. The van der Waals surface area contributed by atoms with Gasteiger partial charge in [0.25, 0.3) is 21.5 Å². The van der Waals surface area contributed by atoms with E-state index in [4.69, 9.17) is 0 Å². The average molecular weight is 491 g/mol. The van der Waals surface area contributed by atoms with Gasteiger partial charge in [-0.1, -0.05) is 43.3 Å². The topological polar surface area (TPSA) is 102 Å². The first-order valence-electron chi connectivity index (χ1n) is 11.1. The van der Waals surface area contributed by atoms with E-state index in [1.165, 1.54) is 28.9 Å². The van der Waals surface area contributed by atoms with Gasteiger partial charge in [0, 0.05) is 18.3 Å². The number of nitrogens with one attached hydrogen (secondary N) is 2. The second-order valence-corrected chi connectivity index (χ2v) is 9.71. The second kappa shape index (κ2) is 9.63. The van der Waals surface area contributed by atoms with Crippen molar-refractivity contribution < 1.29 is 13.2 Å². The van der Waals surface area contributed by atoms with Gasteiger partial charge < -0.3 is 5.32 Å². The van der Waals surface area contributed by atoms with E-state index in [9.17, 15) is 18.0 Å². The number of hydrogen-bond donors (Lipinski definition) is 2. The summed E-state index contributed by atoms with van der Waals surface area (Å²) >= 11 is 0. The van der Waals surface area contributed by atoms with Gasteiger partial charge in [-0.3, -0.25) is 19.0 Å². The van der Waals surface area contributed by atoms with Gasteiger partial charge in [-0.15, -0.1) is 0 Å². The highest BCUT2D eigenvalue weighted by molar-refractivity contribution is 7.92. The molecule has 0 aliphatic carbocycles. The number of sulfonamides is 1. The molecule has 0 radical (unpaired) electrons. The Balaban J connectivity index is 1.58. The summed E-state index contributed by atoms with van der Waals surface area (Å²) in [5, 5.41) is 2.86. The molecule has 1 amide bonds. The number of amides is 1. The molecule has 0 saturated heterocycles. The zero-order valence-corrected chi connectivity index (χ0v) is 20.5. The van der Waals surface area contributed by atoms with Crippen LogP contribution in [0, 0.1) is 6.92 Å². The Morgan fingerprint density at radius 1 is 0.914 bits per heavy atom. The third kappa shape index (κ3) is 4.76. The fraction of sp³-hybridized carbons (Fsp3) is 0.154. The smallest absolute Gasteiger partial charge is 0.296 e. The van der Waals surface area contributed by atoms with Crippen LogP contribution in [0.2, 0.25) is 0 Å². The van der Waals surface area contributed by atoms with Crippen LogP contribution in [0.15, 0.2) is 88.6 Å². The lowest BCUT2D eigenvalue weighted by atomic mass is 10.1. The van der Waals surface area contributed by atoms with Gasteiger partial charge in [-0.05, 0) is 61.4 Å². The number of nitrogens with zero attached hydrogens (tertiary/aromatic N) is 2. The van der Waals surface area contributed by atoms with Crippen molar-refractivity contribution in [2.75, 3.05) is 10.0 Å². The zero-order chi connectivity index (χ0) is 25.2. The maximum absolute atomic E-state index is 13.1. The molecular formula is C26H26N4O4S. The summed E-state index contributed by atoms with van der Waals surface area (Å²) in [6.07, 6.45) is 0.768. The molecule has 1 aromatic heterocycles. The molecule has 0 saturated carbocycles. The Hall–Kier alpha value is -4.11. The predicted molar refractivity (Wildman–Crippen MR) is 137 cm³/mol. The summed E-state index contributed by atoms with van der Waals surface area (Å²) < 4.78 is 31.5. The first-order chi connectivity index (χ1) is 16.7. The van der Waals surface area contributed by atoms with E-state index >= 15 is 0 Å². The second-order valence-electron chi connectivity index (χ2n) is 8.03. The number of aromatic nitrogens is 2. The van der Waals surface area contributed by atoms with E-state index in [0.717, 1.165) is 12.0 Å². The van der Waals surface area contributed by atoms with Gasteiger partial charge in [0.2, 0.25) is 0 Å². The van der Waals surface area contributed by atoms with E-state index < -0.39 is 15.6 Å². The molecule has 0 bridgehead atoms. The number of hydrogen-bond acceptors (Lipinski definition) is 4. The van der Waals surface area contributed by atoms with Crippen molar-refractivity contribution in [3.05, 3.63) is 106 Å². The third-order valence-corrected chi connectivity index (χ3v) is 7.23. The SMILES string of the molecule is CCc1ccccc1NC(=O)c1ccc(S(=O)(=O)Nc2c(C)n(C)n(-c3ccccc3)c2=O)cc1. The molecule has 4 rings (SSSR count). The summed E-state index contributed by atoms with van der Waals surface area (Å²) in [4.78, 5) is 25.7. The highest BCUT2D eigenvalue weighted by Crippen LogP contribution is 2.20. The maximum atomic E-state index is 13.1. The quantitative estimate of drug-likeness (QED) is 0.407. The Morgan fingerprint density at radius 3 is 2.20 bits per heavy atom. The van der Waals surface area contributed by atoms with Crippen LogP contribution >= 0.6 is 0 Å². The Bertz CT molecular complexity index is 1540. The number of carbonyl (C=O) groups excluding carboxylic acids is 1. The maximum Gasteiger partial charge on any atom is 0.296 e. The molecule has 0 fully saturated rings. The van der Waals surface area contributed by atoms with Gasteiger partial charge in [-0.25, -0.2) is 13.1 Å². The molecule has 0 unspecified atom stereocenters. The molecule has 9 heteroatoms. The minimum atomic E-state index is -4.06. The van der Waals surface area contributed by atoms with Crippen LogP contribution in [0.3, 0.4) is 0 Å². The molecule has 180 valence electrons. The largest absolute Gasteiger partial charge is 0.322 e. The fourth-order valence-corrected chi connectivity index (χ4v) is 4.93. The van der Waals surface area contributed by atoms with E-state index in [-0.39, 0.29) is 16.5 Å². The van der Waals surface area contributed by atoms with Gasteiger partial charge in [0.05, 0.1) is 16.3 Å². The highest BCUT2D eigenvalue weighted by Gasteiger charge is 2.23. The number of benzene rings is 3. The van der Waals surface area contributed by atoms with Crippen molar-refractivity contribution in [3.63, 3.8) is 0 Å². The van der Waals surface area contributed by atoms with Crippen molar-refractivity contribution in [2.24, 2.45) is 7.05 Å². The lowest BCUT2D eigenvalue weighted by Crippen LogP contribution is -2.23. The number of anilines is 2. The van der Waals surface area contributed by atoms with Crippen LogP contribution < -0.4 is 15.6 Å². The fourth-order valence-electron chi connectivity index (χ4n) is 3.81. The monoisotopic (exact) mass is 490 g/mol. The molecule has 3 aromatic carbocycles. The van der Waals surface area contributed by atoms with Crippen LogP contribution in [0.1, 0.15) is 28.5 Å². The average Bonchev–Trinajstić information content (AvgIpc) is 3.07. The summed E-state index contributed by atoms with van der Waals surface area (Å²) in [6, 6.07) is 22.0. The Morgan fingerprint density at radius 2 is 1.54 bits per heavy atom. The van der Waals surface area contributed by atoms with Gasteiger partial charge in [-0.2, -0.15) is 0 Å². The van der Waals surface area contributed by atoms with E-state index in [0.29, 0.717) is 22.6 Å². The van der Waals surface area contributed by atoms with Crippen molar-refractivity contribution in [2.45, 2.75) is 25.2 Å². The Labute approximate surface area is 203 Å². The summed E-state index contributed by atoms with van der Waals surface area (Å²) in [5.41, 5.74) is 2.61. The van der Waals surface area contributed by atoms with Gasteiger partial charge in [0.15, 0.2) is 0 Å². The van der Waals surface area contributed by atoms with Crippen LogP contribution in [0.5, 0.6) is 0 Å². The van der Waals surface area contributed by atoms with Gasteiger partial charge >= 0.3 is 0 Å². The standard InChI is InChI=1S/C26H26N4O4S/c1-4-19-10-8-9-13-23(19)27-25(31)20-14-16-22(17-15-20)35(33,34)28-24-18(2)29(3)30(26(24)32)21-11-6-5-7-12-21/h5-17,28H,4H2,1-3H3,(H,27,31). The number of carbonyl (C=O) groups is 1. The first-order valence-corrected chi connectivity index (χ1v) is 12.6. The van der Waals surface area contributed by atoms with E-state index in [1.54, 1.807) is 42.9 Å². The van der Waals surface area contributed by atoms with Gasteiger partial charge in [0.1, 0.15) is 5.69 Å². The van der Waals surface area contributed by atoms with Crippen molar-refractivity contribution in [1.29, 1.82) is 0 Å². The molecule has 8 nitrogen and oxygen atoms in total. The normalized spacial score (nSPS) is 11.3. The minimum Gasteiger partial charge on any atom is -0.322 e. The summed E-state index contributed by atoms with van der Waals surface area (Å²) in [5.74, 6) is -0.340. The summed E-state index contributed by atoms with van der Waals surface area (Å²) in [7, 11) is -2.38.